The van der Waals surface area contributed by atoms with Crippen molar-refractivity contribution in [3.63, 3.8) is 0 Å². The number of aromatic nitrogens is 2. The van der Waals surface area contributed by atoms with Crippen LogP contribution < -0.4 is 10.2 Å². The van der Waals surface area contributed by atoms with Gasteiger partial charge in [0, 0.05) is 32.4 Å². The average molecular weight is 293 g/mol. The lowest BCUT2D eigenvalue weighted by Crippen LogP contribution is -2.32. The van der Waals surface area contributed by atoms with E-state index in [1.54, 1.807) is 12.3 Å². The van der Waals surface area contributed by atoms with Gasteiger partial charge in [-0.05, 0) is 33.0 Å². The van der Waals surface area contributed by atoms with Crippen LogP contribution in [0.2, 0.25) is 0 Å². The average Bonchev–Trinajstić information content (AvgIpc) is 2.46. The zero-order valence-corrected chi connectivity index (χ0v) is 13.6. The minimum atomic E-state index is -0.145. The molecule has 6 heteroatoms. The van der Waals surface area contributed by atoms with Crippen molar-refractivity contribution >= 4 is 11.9 Å². The fourth-order valence-corrected chi connectivity index (χ4v) is 1.96. The van der Waals surface area contributed by atoms with Gasteiger partial charge in [-0.2, -0.15) is 0 Å². The summed E-state index contributed by atoms with van der Waals surface area (Å²) in [5.74, 6) is 0.493. The fourth-order valence-electron chi connectivity index (χ4n) is 1.96. The second-order valence-corrected chi connectivity index (χ2v) is 5.29. The predicted octanol–water partition coefficient (Wildman–Crippen LogP) is 1.39. The number of anilines is 1. The van der Waals surface area contributed by atoms with Crippen molar-refractivity contribution in [3.05, 3.63) is 18.0 Å². The largest absolute Gasteiger partial charge is 0.349 e. The summed E-state index contributed by atoms with van der Waals surface area (Å²) in [6, 6.07) is 1.66. The molecule has 1 aromatic heterocycles. The summed E-state index contributed by atoms with van der Waals surface area (Å²) < 4.78 is 0. The molecule has 21 heavy (non-hydrogen) atoms. The topological polar surface area (TPSA) is 61.4 Å². The van der Waals surface area contributed by atoms with E-state index < -0.39 is 0 Å². The predicted molar refractivity (Wildman–Crippen MR) is 85.7 cm³/mol. The minimum Gasteiger partial charge on any atom is -0.349 e. The summed E-state index contributed by atoms with van der Waals surface area (Å²) in [5, 5.41) is 2.87. The quantitative estimate of drug-likeness (QED) is 0.745. The van der Waals surface area contributed by atoms with E-state index in [1.807, 2.05) is 19.0 Å². The first-order valence-electron chi connectivity index (χ1n) is 7.59. The standard InChI is InChI=1S/C15H27N5O/c1-5-10-20(11-6-2)15-17-8-7-13(18-15)14(21)16-9-12-19(3)4/h7-8H,5-6,9-12H2,1-4H3,(H,16,21). The van der Waals surface area contributed by atoms with Crippen LogP contribution >= 0.6 is 0 Å². The van der Waals surface area contributed by atoms with Gasteiger partial charge in [-0.25, -0.2) is 9.97 Å². The smallest absolute Gasteiger partial charge is 0.270 e. The van der Waals surface area contributed by atoms with Crippen molar-refractivity contribution in [2.75, 3.05) is 45.2 Å². The van der Waals surface area contributed by atoms with Gasteiger partial charge in [-0.3, -0.25) is 4.79 Å². The fraction of sp³-hybridized carbons (Fsp3) is 0.667. The normalized spacial score (nSPS) is 10.7. The van der Waals surface area contributed by atoms with Crippen LogP contribution in [0.3, 0.4) is 0 Å². The zero-order valence-electron chi connectivity index (χ0n) is 13.6. The first-order chi connectivity index (χ1) is 10.1. The third-order valence-corrected chi connectivity index (χ3v) is 2.99. The number of nitrogens with one attached hydrogen (secondary N) is 1. The Morgan fingerprint density at radius 1 is 1.19 bits per heavy atom. The molecule has 1 N–H and O–H groups in total. The second-order valence-electron chi connectivity index (χ2n) is 5.29. The molecular weight excluding hydrogens is 266 g/mol. The summed E-state index contributed by atoms with van der Waals surface area (Å²) >= 11 is 0. The summed E-state index contributed by atoms with van der Waals surface area (Å²) in [5.41, 5.74) is 0.427. The third-order valence-electron chi connectivity index (χ3n) is 2.99. The number of carbonyl (C=O) groups excluding carboxylic acids is 1. The lowest BCUT2D eigenvalue weighted by Gasteiger charge is -2.21. The van der Waals surface area contributed by atoms with Crippen molar-refractivity contribution in [1.82, 2.24) is 20.2 Å². The molecule has 0 fully saturated rings. The molecule has 0 unspecified atom stereocenters. The first-order valence-corrected chi connectivity index (χ1v) is 7.59. The molecule has 0 aliphatic heterocycles. The van der Waals surface area contributed by atoms with Gasteiger partial charge >= 0.3 is 0 Å². The Morgan fingerprint density at radius 2 is 1.86 bits per heavy atom. The van der Waals surface area contributed by atoms with Gasteiger partial charge in [0.1, 0.15) is 5.69 Å². The molecule has 0 spiro atoms. The second kappa shape index (κ2) is 9.28. The summed E-state index contributed by atoms with van der Waals surface area (Å²) in [6.07, 6.45) is 3.72. The van der Waals surface area contributed by atoms with Crippen molar-refractivity contribution < 1.29 is 4.79 Å². The number of likely N-dealkylation sites (N-methyl/N-ethyl adjacent to an activating group) is 1. The van der Waals surface area contributed by atoms with Crippen LogP contribution in [-0.2, 0) is 0 Å². The van der Waals surface area contributed by atoms with Crippen LogP contribution in [0, 0.1) is 0 Å². The van der Waals surface area contributed by atoms with E-state index in [4.69, 9.17) is 0 Å². The molecule has 0 saturated heterocycles. The lowest BCUT2D eigenvalue weighted by molar-refractivity contribution is 0.0946. The van der Waals surface area contributed by atoms with Crippen LogP contribution in [0.15, 0.2) is 12.3 Å². The highest BCUT2D eigenvalue weighted by Crippen LogP contribution is 2.09. The molecule has 0 atom stereocenters. The van der Waals surface area contributed by atoms with Crippen LogP contribution in [0.4, 0.5) is 5.95 Å². The van der Waals surface area contributed by atoms with E-state index in [9.17, 15) is 4.79 Å². The zero-order chi connectivity index (χ0) is 15.7. The van der Waals surface area contributed by atoms with Crippen molar-refractivity contribution in [3.8, 4) is 0 Å². The molecule has 0 bridgehead atoms. The molecular formula is C15H27N5O. The van der Waals surface area contributed by atoms with Crippen molar-refractivity contribution in [2.24, 2.45) is 0 Å². The van der Waals surface area contributed by atoms with E-state index in [-0.39, 0.29) is 5.91 Å². The SMILES string of the molecule is CCCN(CCC)c1nccc(C(=O)NCCN(C)C)n1. The molecule has 0 aromatic carbocycles. The molecule has 0 radical (unpaired) electrons. The van der Waals surface area contributed by atoms with Gasteiger partial charge < -0.3 is 15.1 Å². The van der Waals surface area contributed by atoms with Gasteiger partial charge in [-0.1, -0.05) is 13.8 Å². The van der Waals surface area contributed by atoms with E-state index in [2.05, 4.69) is 34.0 Å². The summed E-state index contributed by atoms with van der Waals surface area (Å²) in [4.78, 5) is 24.9. The van der Waals surface area contributed by atoms with Crippen LogP contribution in [0.1, 0.15) is 37.2 Å². The highest BCUT2D eigenvalue weighted by Gasteiger charge is 2.12. The van der Waals surface area contributed by atoms with Crippen molar-refractivity contribution in [2.45, 2.75) is 26.7 Å². The Morgan fingerprint density at radius 3 is 2.43 bits per heavy atom. The molecule has 6 nitrogen and oxygen atoms in total. The van der Waals surface area contributed by atoms with Crippen molar-refractivity contribution in [1.29, 1.82) is 0 Å². The van der Waals surface area contributed by atoms with E-state index in [0.717, 1.165) is 32.5 Å². The Kier molecular flexibility index (Phi) is 7.68. The number of nitrogens with zero attached hydrogens (tertiary/aromatic N) is 4. The van der Waals surface area contributed by atoms with Crippen LogP contribution in [0.25, 0.3) is 0 Å². The summed E-state index contributed by atoms with van der Waals surface area (Å²) in [7, 11) is 3.95. The highest BCUT2D eigenvalue weighted by atomic mass is 16.1. The maximum atomic E-state index is 12.1. The highest BCUT2D eigenvalue weighted by molar-refractivity contribution is 5.92. The number of rotatable bonds is 9. The molecule has 1 rings (SSSR count). The van der Waals surface area contributed by atoms with Crippen LogP contribution in [0.5, 0.6) is 0 Å². The van der Waals surface area contributed by atoms with Crippen LogP contribution in [-0.4, -0.2) is 61.0 Å². The molecule has 0 saturated carbocycles. The Labute approximate surface area is 127 Å². The van der Waals surface area contributed by atoms with E-state index in [0.29, 0.717) is 18.2 Å². The molecule has 0 aliphatic carbocycles. The van der Waals surface area contributed by atoms with Gasteiger partial charge in [0.2, 0.25) is 5.95 Å². The van der Waals surface area contributed by atoms with E-state index in [1.165, 1.54) is 0 Å². The Hall–Kier alpha value is -1.69. The van der Waals surface area contributed by atoms with Gasteiger partial charge in [-0.15, -0.1) is 0 Å². The number of amides is 1. The summed E-state index contributed by atoms with van der Waals surface area (Å²) in [6.45, 7) is 7.47. The van der Waals surface area contributed by atoms with E-state index >= 15 is 0 Å². The van der Waals surface area contributed by atoms with Gasteiger partial charge in [0.05, 0.1) is 0 Å². The molecule has 1 amide bonds. The lowest BCUT2D eigenvalue weighted by atomic mass is 10.3. The Bertz CT molecular complexity index is 430. The Balaban J connectivity index is 2.71. The molecule has 1 aromatic rings. The number of hydrogen-bond donors (Lipinski definition) is 1. The number of carbonyl (C=O) groups is 1. The monoisotopic (exact) mass is 293 g/mol. The van der Waals surface area contributed by atoms with Gasteiger partial charge in [0.15, 0.2) is 0 Å². The minimum absolute atomic E-state index is 0.145. The number of hydrogen-bond acceptors (Lipinski definition) is 5. The molecule has 1 heterocycles. The maximum Gasteiger partial charge on any atom is 0.270 e. The first kappa shape index (κ1) is 17.4. The third kappa shape index (κ3) is 6.08. The maximum absolute atomic E-state index is 12.1. The molecule has 118 valence electrons. The molecule has 0 aliphatic rings. The van der Waals surface area contributed by atoms with Gasteiger partial charge in [0.25, 0.3) is 5.91 Å².